The Bertz CT molecular complexity index is 784. The van der Waals surface area contributed by atoms with Crippen LogP contribution in [0.3, 0.4) is 0 Å². The normalized spacial score (nSPS) is 10.7. The molecule has 0 bridgehead atoms. The van der Waals surface area contributed by atoms with Gasteiger partial charge in [-0.05, 0) is 67.9 Å². The molecule has 2 aromatic carbocycles. The zero-order chi connectivity index (χ0) is 19.6. The molecule has 0 aliphatic rings. The van der Waals surface area contributed by atoms with Gasteiger partial charge >= 0.3 is 0 Å². The van der Waals surface area contributed by atoms with Crippen LogP contribution in [-0.4, -0.2) is 37.8 Å². The highest BCUT2D eigenvalue weighted by Gasteiger charge is 2.05. The molecule has 2 amide bonds. The number of hydrazone groups is 1. The molecule has 7 nitrogen and oxygen atoms in total. The Morgan fingerprint density at radius 2 is 1.67 bits per heavy atom. The van der Waals surface area contributed by atoms with Gasteiger partial charge in [0.15, 0.2) is 6.61 Å². The maximum Gasteiger partial charge on any atom is 0.271 e. The third-order valence-corrected chi connectivity index (χ3v) is 3.43. The van der Waals surface area contributed by atoms with E-state index >= 15 is 0 Å². The lowest BCUT2D eigenvalue weighted by Gasteiger charge is -2.09. The summed E-state index contributed by atoms with van der Waals surface area (Å²) in [5, 5.41) is 6.69. The molecule has 2 aromatic rings. The number of hydrogen-bond acceptors (Lipinski definition) is 5. The summed E-state index contributed by atoms with van der Waals surface area (Å²) in [6, 6.07) is 13.8. The zero-order valence-electron chi connectivity index (χ0n) is 15.6. The average molecular weight is 369 g/mol. The molecule has 0 heterocycles. The predicted octanol–water partition coefficient (Wildman–Crippen LogP) is 2.36. The van der Waals surface area contributed by atoms with Crippen molar-refractivity contribution in [3.8, 4) is 11.5 Å². The lowest BCUT2D eigenvalue weighted by Crippen LogP contribution is -2.34. The molecular formula is C20H23N3O4. The third-order valence-electron chi connectivity index (χ3n) is 3.43. The summed E-state index contributed by atoms with van der Waals surface area (Å²) in [5.74, 6) is 0.772. The predicted molar refractivity (Wildman–Crippen MR) is 103 cm³/mol. The van der Waals surface area contributed by atoms with E-state index in [9.17, 15) is 9.59 Å². The van der Waals surface area contributed by atoms with Crippen LogP contribution in [0.4, 0.5) is 0 Å². The van der Waals surface area contributed by atoms with Crippen LogP contribution in [0.2, 0.25) is 0 Å². The standard InChI is InChI=1S/C20H23N3O4/c1-14(2)22-19(24)13-27-18-8-4-15(5-9-18)12-21-23-20(25)16-6-10-17(26-3)11-7-16/h4-12,14H,13H2,1-3H3,(H,22,24)(H,23,25)/b21-12+. The number of ether oxygens (including phenoxy) is 2. The first-order valence-electron chi connectivity index (χ1n) is 8.47. The molecule has 0 saturated heterocycles. The molecule has 0 aliphatic carbocycles. The van der Waals surface area contributed by atoms with Crippen molar-refractivity contribution < 1.29 is 19.1 Å². The lowest BCUT2D eigenvalue weighted by atomic mass is 10.2. The Kier molecular flexibility index (Phi) is 7.37. The van der Waals surface area contributed by atoms with Crippen LogP contribution in [0.15, 0.2) is 53.6 Å². The minimum Gasteiger partial charge on any atom is -0.497 e. The fourth-order valence-electron chi connectivity index (χ4n) is 2.14. The molecule has 7 heteroatoms. The molecule has 0 unspecified atom stereocenters. The molecule has 0 saturated carbocycles. The molecule has 0 radical (unpaired) electrons. The summed E-state index contributed by atoms with van der Waals surface area (Å²) < 4.78 is 10.5. The molecule has 0 spiro atoms. The monoisotopic (exact) mass is 369 g/mol. The third kappa shape index (κ3) is 6.81. The van der Waals surface area contributed by atoms with Crippen LogP contribution in [-0.2, 0) is 4.79 Å². The molecule has 0 aliphatic heterocycles. The molecular weight excluding hydrogens is 346 g/mol. The first-order valence-corrected chi connectivity index (χ1v) is 8.47. The highest BCUT2D eigenvalue weighted by atomic mass is 16.5. The van der Waals surface area contributed by atoms with Gasteiger partial charge in [-0.2, -0.15) is 5.10 Å². The highest BCUT2D eigenvalue weighted by Crippen LogP contribution is 2.12. The SMILES string of the molecule is COc1ccc(C(=O)N/N=C/c2ccc(OCC(=O)NC(C)C)cc2)cc1. The van der Waals surface area contributed by atoms with Gasteiger partial charge in [0.25, 0.3) is 11.8 Å². The summed E-state index contributed by atoms with van der Waals surface area (Å²) in [6.45, 7) is 3.74. The smallest absolute Gasteiger partial charge is 0.271 e. The van der Waals surface area contributed by atoms with Crippen molar-refractivity contribution >= 4 is 18.0 Å². The van der Waals surface area contributed by atoms with E-state index in [4.69, 9.17) is 9.47 Å². The fraction of sp³-hybridized carbons (Fsp3) is 0.250. The van der Waals surface area contributed by atoms with E-state index in [1.165, 1.54) is 6.21 Å². The second-order valence-electron chi connectivity index (χ2n) is 6.01. The number of hydrogen-bond donors (Lipinski definition) is 2. The Morgan fingerprint density at radius 3 is 2.26 bits per heavy atom. The minimum absolute atomic E-state index is 0.0382. The molecule has 0 fully saturated rings. The van der Waals surface area contributed by atoms with Crippen LogP contribution in [0.5, 0.6) is 11.5 Å². The van der Waals surface area contributed by atoms with Crippen molar-refractivity contribution in [3.05, 3.63) is 59.7 Å². The quantitative estimate of drug-likeness (QED) is 0.552. The van der Waals surface area contributed by atoms with Crippen LogP contribution in [0.1, 0.15) is 29.8 Å². The molecule has 142 valence electrons. The van der Waals surface area contributed by atoms with Gasteiger partial charge in [-0.25, -0.2) is 5.43 Å². The first kappa shape index (κ1) is 20.0. The number of amides is 2. The van der Waals surface area contributed by atoms with Crippen molar-refractivity contribution in [2.75, 3.05) is 13.7 Å². The van der Waals surface area contributed by atoms with Crippen molar-refractivity contribution in [2.24, 2.45) is 5.10 Å². The number of methoxy groups -OCH3 is 1. The number of carbonyl (C=O) groups excluding carboxylic acids is 2. The van der Waals surface area contributed by atoms with Crippen molar-refractivity contribution in [1.29, 1.82) is 0 Å². The van der Waals surface area contributed by atoms with E-state index in [0.29, 0.717) is 17.1 Å². The largest absolute Gasteiger partial charge is 0.497 e. The Labute approximate surface area is 158 Å². The van der Waals surface area contributed by atoms with Crippen LogP contribution < -0.4 is 20.2 Å². The number of rotatable bonds is 8. The van der Waals surface area contributed by atoms with E-state index < -0.39 is 0 Å². The highest BCUT2D eigenvalue weighted by molar-refractivity contribution is 5.95. The van der Waals surface area contributed by atoms with Gasteiger partial charge < -0.3 is 14.8 Å². The van der Waals surface area contributed by atoms with E-state index in [1.807, 2.05) is 13.8 Å². The second kappa shape index (κ2) is 9.96. The first-order chi connectivity index (χ1) is 13.0. The van der Waals surface area contributed by atoms with Gasteiger partial charge in [0, 0.05) is 11.6 Å². The van der Waals surface area contributed by atoms with Crippen molar-refractivity contribution in [1.82, 2.24) is 10.7 Å². The van der Waals surface area contributed by atoms with Crippen molar-refractivity contribution in [3.63, 3.8) is 0 Å². The lowest BCUT2D eigenvalue weighted by molar-refractivity contribution is -0.123. The van der Waals surface area contributed by atoms with Crippen molar-refractivity contribution in [2.45, 2.75) is 19.9 Å². The summed E-state index contributed by atoms with van der Waals surface area (Å²) in [6.07, 6.45) is 1.52. The number of benzene rings is 2. The van der Waals surface area contributed by atoms with Gasteiger partial charge in [0.2, 0.25) is 0 Å². The molecule has 0 aromatic heterocycles. The van der Waals surface area contributed by atoms with Gasteiger partial charge in [0.05, 0.1) is 13.3 Å². The molecule has 0 atom stereocenters. The molecule has 2 N–H and O–H groups in total. The minimum atomic E-state index is -0.315. The number of carbonyl (C=O) groups is 2. The number of nitrogens with one attached hydrogen (secondary N) is 2. The summed E-state index contributed by atoms with van der Waals surface area (Å²) >= 11 is 0. The maximum absolute atomic E-state index is 12.0. The molecule has 27 heavy (non-hydrogen) atoms. The summed E-state index contributed by atoms with van der Waals surface area (Å²) in [4.78, 5) is 23.5. The van der Waals surface area contributed by atoms with E-state index in [2.05, 4.69) is 15.8 Å². The van der Waals surface area contributed by atoms with Gasteiger partial charge in [0.1, 0.15) is 11.5 Å². The van der Waals surface area contributed by atoms with E-state index in [0.717, 1.165) is 5.56 Å². The zero-order valence-corrected chi connectivity index (χ0v) is 15.6. The van der Waals surface area contributed by atoms with Crippen LogP contribution in [0.25, 0.3) is 0 Å². The summed E-state index contributed by atoms with van der Waals surface area (Å²) in [5.41, 5.74) is 3.73. The van der Waals surface area contributed by atoms with Gasteiger partial charge in [-0.15, -0.1) is 0 Å². The van der Waals surface area contributed by atoms with Gasteiger partial charge in [-0.3, -0.25) is 9.59 Å². The Morgan fingerprint density at radius 1 is 1.04 bits per heavy atom. The topological polar surface area (TPSA) is 89.0 Å². The Balaban J connectivity index is 1.82. The fourth-order valence-corrected chi connectivity index (χ4v) is 2.14. The number of nitrogens with zero attached hydrogens (tertiary/aromatic N) is 1. The second-order valence-corrected chi connectivity index (χ2v) is 6.01. The Hall–Kier alpha value is -3.35. The van der Waals surface area contributed by atoms with E-state index in [-0.39, 0.29) is 24.5 Å². The van der Waals surface area contributed by atoms with Crippen LogP contribution in [0, 0.1) is 0 Å². The van der Waals surface area contributed by atoms with Gasteiger partial charge in [-0.1, -0.05) is 0 Å². The van der Waals surface area contributed by atoms with E-state index in [1.54, 1.807) is 55.6 Å². The molecule has 2 rings (SSSR count). The van der Waals surface area contributed by atoms with Crippen LogP contribution >= 0.6 is 0 Å². The average Bonchev–Trinajstić information content (AvgIpc) is 2.67. The summed E-state index contributed by atoms with van der Waals surface area (Å²) in [7, 11) is 1.57. The maximum atomic E-state index is 12.0.